The maximum atomic E-state index is 13.0. The van der Waals surface area contributed by atoms with Crippen molar-refractivity contribution < 1.29 is 26.4 Å². The van der Waals surface area contributed by atoms with Crippen molar-refractivity contribution in [3.05, 3.63) is 58.6 Å². The van der Waals surface area contributed by atoms with E-state index in [1.165, 1.54) is 13.0 Å². The van der Waals surface area contributed by atoms with Gasteiger partial charge in [0.15, 0.2) is 0 Å². The molecule has 0 saturated carbocycles. The molecular weight excluding hydrogens is 417 g/mol. The first-order chi connectivity index (χ1) is 12.8. The Morgan fingerprint density at radius 2 is 1.79 bits per heavy atom. The summed E-state index contributed by atoms with van der Waals surface area (Å²) in [6, 6.07) is 7.31. The van der Waals surface area contributed by atoms with Crippen LogP contribution in [0.25, 0.3) is 0 Å². The Morgan fingerprint density at radius 1 is 1.18 bits per heavy atom. The van der Waals surface area contributed by atoms with Gasteiger partial charge in [0.05, 0.1) is 17.5 Å². The predicted octanol–water partition coefficient (Wildman–Crippen LogP) is 4.46. The first kappa shape index (κ1) is 22.0. The number of amides is 1. The number of nitrogens with one attached hydrogen (secondary N) is 1. The lowest BCUT2D eigenvalue weighted by Gasteiger charge is -2.29. The van der Waals surface area contributed by atoms with Gasteiger partial charge in [0, 0.05) is 10.7 Å². The highest BCUT2D eigenvalue weighted by atomic mass is 35.5. The number of carbonyl (C=O) groups excluding carboxylic acids is 1. The summed E-state index contributed by atoms with van der Waals surface area (Å²) in [5, 5.41) is 2.97. The Kier molecular flexibility index (Phi) is 6.30. The molecule has 2 aromatic rings. The molecule has 1 atom stereocenters. The van der Waals surface area contributed by atoms with Gasteiger partial charge in [-0.05, 0) is 49.7 Å². The molecule has 152 valence electrons. The van der Waals surface area contributed by atoms with Gasteiger partial charge in [-0.1, -0.05) is 23.7 Å². The molecule has 0 unspecified atom stereocenters. The van der Waals surface area contributed by atoms with E-state index in [-0.39, 0.29) is 5.69 Å². The third-order valence-corrected chi connectivity index (χ3v) is 5.69. The van der Waals surface area contributed by atoms with Crippen molar-refractivity contribution in [1.29, 1.82) is 0 Å². The molecule has 5 nitrogen and oxygen atoms in total. The van der Waals surface area contributed by atoms with Gasteiger partial charge < -0.3 is 5.32 Å². The number of hydrogen-bond acceptors (Lipinski definition) is 3. The lowest BCUT2D eigenvalue weighted by atomic mass is 10.1. The van der Waals surface area contributed by atoms with Crippen LogP contribution in [0, 0.1) is 6.92 Å². The molecule has 0 heterocycles. The van der Waals surface area contributed by atoms with E-state index in [0.717, 1.165) is 18.4 Å². The maximum Gasteiger partial charge on any atom is 0.416 e. The monoisotopic (exact) mass is 434 g/mol. The van der Waals surface area contributed by atoms with Gasteiger partial charge in [0.2, 0.25) is 15.9 Å². The Labute approximate surface area is 166 Å². The van der Waals surface area contributed by atoms with Crippen molar-refractivity contribution in [2.75, 3.05) is 15.9 Å². The van der Waals surface area contributed by atoms with Gasteiger partial charge in [0.25, 0.3) is 0 Å². The molecule has 1 N–H and O–H groups in total. The summed E-state index contributed by atoms with van der Waals surface area (Å²) in [6.07, 6.45) is -3.83. The van der Waals surface area contributed by atoms with Gasteiger partial charge in [-0.3, -0.25) is 9.10 Å². The van der Waals surface area contributed by atoms with E-state index < -0.39 is 33.7 Å². The molecule has 0 aromatic heterocycles. The molecule has 0 fully saturated rings. The lowest BCUT2D eigenvalue weighted by molar-refractivity contribution is -0.137. The van der Waals surface area contributed by atoms with Crippen molar-refractivity contribution in [2.45, 2.75) is 26.1 Å². The van der Waals surface area contributed by atoms with Gasteiger partial charge >= 0.3 is 6.18 Å². The van der Waals surface area contributed by atoms with Gasteiger partial charge in [-0.2, -0.15) is 13.2 Å². The fourth-order valence-corrected chi connectivity index (χ4v) is 3.95. The normalized spacial score (nSPS) is 13.1. The van der Waals surface area contributed by atoms with E-state index in [4.69, 9.17) is 11.6 Å². The molecule has 2 rings (SSSR count). The van der Waals surface area contributed by atoms with E-state index in [2.05, 4.69) is 5.32 Å². The summed E-state index contributed by atoms with van der Waals surface area (Å²) in [6.45, 7) is 2.96. The first-order valence-corrected chi connectivity index (χ1v) is 10.3. The topological polar surface area (TPSA) is 66.5 Å². The standard InChI is InChI=1S/C18H18ClF3N2O3S/c1-11-15(19)8-5-9-16(11)23-17(25)12(2)24(28(3,26)27)14-7-4-6-13(10-14)18(20,21)22/h4-10,12H,1-3H3,(H,23,25)/t12-/m1/s1. The number of rotatable bonds is 5. The van der Waals surface area contributed by atoms with Crippen LogP contribution in [-0.4, -0.2) is 26.6 Å². The van der Waals surface area contributed by atoms with E-state index in [0.29, 0.717) is 26.6 Å². The van der Waals surface area contributed by atoms with Crippen molar-refractivity contribution in [1.82, 2.24) is 0 Å². The van der Waals surface area contributed by atoms with Crippen LogP contribution >= 0.6 is 11.6 Å². The first-order valence-electron chi connectivity index (χ1n) is 8.05. The number of carbonyl (C=O) groups is 1. The molecule has 0 bridgehead atoms. The maximum absolute atomic E-state index is 13.0. The number of hydrogen-bond donors (Lipinski definition) is 1. The van der Waals surface area contributed by atoms with Gasteiger partial charge in [-0.25, -0.2) is 8.42 Å². The number of anilines is 2. The van der Waals surface area contributed by atoms with Crippen LogP contribution < -0.4 is 9.62 Å². The average Bonchev–Trinajstić information content (AvgIpc) is 2.57. The van der Waals surface area contributed by atoms with Crippen LogP contribution in [0.5, 0.6) is 0 Å². The summed E-state index contributed by atoms with van der Waals surface area (Å²) in [5.74, 6) is -0.715. The number of nitrogens with zero attached hydrogens (tertiary/aromatic N) is 1. The molecule has 0 saturated heterocycles. The number of benzene rings is 2. The van der Waals surface area contributed by atoms with Crippen LogP contribution in [-0.2, 0) is 21.0 Å². The molecule has 0 spiro atoms. The largest absolute Gasteiger partial charge is 0.416 e. The van der Waals surface area contributed by atoms with E-state index in [9.17, 15) is 26.4 Å². The zero-order chi connectivity index (χ0) is 21.3. The Morgan fingerprint density at radius 3 is 2.36 bits per heavy atom. The minimum Gasteiger partial charge on any atom is -0.324 e. The van der Waals surface area contributed by atoms with Gasteiger partial charge in [-0.15, -0.1) is 0 Å². The number of sulfonamides is 1. The Hall–Kier alpha value is -2.26. The molecule has 2 aromatic carbocycles. The zero-order valence-electron chi connectivity index (χ0n) is 15.2. The van der Waals surface area contributed by atoms with Crippen LogP contribution in [0.3, 0.4) is 0 Å². The lowest BCUT2D eigenvalue weighted by Crippen LogP contribution is -2.45. The molecular formula is C18H18ClF3N2O3S. The smallest absolute Gasteiger partial charge is 0.324 e. The molecule has 0 aliphatic heterocycles. The van der Waals surface area contributed by atoms with Crippen molar-refractivity contribution in [3.8, 4) is 0 Å². The van der Waals surface area contributed by atoms with E-state index in [1.807, 2.05) is 0 Å². The second kappa shape index (κ2) is 8.00. The van der Waals surface area contributed by atoms with Crippen molar-refractivity contribution in [3.63, 3.8) is 0 Å². The highest BCUT2D eigenvalue weighted by Crippen LogP contribution is 2.33. The highest BCUT2D eigenvalue weighted by Gasteiger charge is 2.34. The molecule has 0 aliphatic carbocycles. The second-order valence-corrected chi connectivity index (χ2v) is 8.45. The summed E-state index contributed by atoms with van der Waals surface area (Å²) in [5.41, 5.74) is -0.323. The SMILES string of the molecule is Cc1c(Cl)cccc1NC(=O)[C@@H](C)N(c1cccc(C(F)(F)F)c1)S(C)(=O)=O. The Bertz CT molecular complexity index is 994. The van der Waals surface area contributed by atoms with Gasteiger partial charge in [0.1, 0.15) is 6.04 Å². The molecule has 10 heteroatoms. The van der Waals surface area contributed by atoms with E-state index >= 15 is 0 Å². The van der Waals surface area contributed by atoms with Crippen LogP contribution in [0.15, 0.2) is 42.5 Å². The zero-order valence-corrected chi connectivity index (χ0v) is 16.8. The summed E-state index contributed by atoms with van der Waals surface area (Å²) >= 11 is 6.00. The average molecular weight is 435 g/mol. The summed E-state index contributed by atoms with van der Waals surface area (Å²) in [7, 11) is -4.06. The molecule has 0 radical (unpaired) electrons. The molecule has 28 heavy (non-hydrogen) atoms. The quantitative estimate of drug-likeness (QED) is 0.755. The molecule has 0 aliphatic rings. The summed E-state index contributed by atoms with van der Waals surface area (Å²) < 4.78 is 64.2. The van der Waals surface area contributed by atoms with Crippen molar-refractivity contribution in [2.24, 2.45) is 0 Å². The minimum absolute atomic E-state index is 0.261. The van der Waals surface area contributed by atoms with Crippen molar-refractivity contribution >= 4 is 38.9 Å². The third kappa shape index (κ3) is 4.96. The Balaban J connectivity index is 2.41. The number of halogens is 4. The molecule has 1 amide bonds. The minimum atomic E-state index is -4.65. The van der Waals surface area contributed by atoms with Crippen LogP contribution in [0.1, 0.15) is 18.1 Å². The van der Waals surface area contributed by atoms with Crippen LogP contribution in [0.2, 0.25) is 5.02 Å². The second-order valence-electron chi connectivity index (χ2n) is 6.18. The number of alkyl halides is 3. The third-order valence-electron chi connectivity index (χ3n) is 4.04. The highest BCUT2D eigenvalue weighted by molar-refractivity contribution is 7.92. The van der Waals surface area contributed by atoms with Crippen LogP contribution in [0.4, 0.5) is 24.5 Å². The fourth-order valence-electron chi connectivity index (χ4n) is 2.61. The predicted molar refractivity (Wildman–Crippen MR) is 103 cm³/mol. The van der Waals surface area contributed by atoms with E-state index in [1.54, 1.807) is 25.1 Å². The summed E-state index contributed by atoms with van der Waals surface area (Å²) in [4.78, 5) is 12.6. The fraction of sp³-hybridized carbons (Fsp3) is 0.278.